The van der Waals surface area contributed by atoms with Crippen molar-refractivity contribution in [2.24, 2.45) is 4.99 Å². The average molecular weight is 844 g/mol. The van der Waals surface area contributed by atoms with Crippen molar-refractivity contribution in [3.05, 3.63) is 170 Å². The van der Waals surface area contributed by atoms with Crippen LogP contribution < -0.4 is 14.8 Å². The molecule has 0 saturated heterocycles. The third-order valence-electron chi connectivity index (χ3n) is 7.81. The number of thioether (sulfide) groups is 1. The van der Waals surface area contributed by atoms with Crippen molar-refractivity contribution in [1.29, 1.82) is 0 Å². The summed E-state index contributed by atoms with van der Waals surface area (Å²) in [6.07, 6.45) is 8.14. The van der Waals surface area contributed by atoms with Crippen LogP contribution in [0, 0.1) is 3.57 Å². The van der Waals surface area contributed by atoms with Crippen molar-refractivity contribution < 1.29 is 23.9 Å². The number of nitrogens with one attached hydrogen (secondary N) is 1. The molecule has 0 radical (unpaired) electrons. The van der Waals surface area contributed by atoms with Crippen LogP contribution >= 0.6 is 46.0 Å². The Kier molecular flexibility index (Phi) is 13.7. The SMILES string of the molecule is C=C/C=C\C(=C/C)N1C(=O)/C(=C/c2cc(I)c(OCc3ccccc3Cl)c(OC)c2)C(=O)N=C1SCC(=O)NC(c1ccccc1)c1ccccc1. The molecule has 0 bridgehead atoms. The zero-order valence-corrected chi connectivity index (χ0v) is 32.2. The van der Waals surface area contributed by atoms with Crippen LogP contribution in [0.3, 0.4) is 0 Å². The number of carbonyl (C=O) groups excluding carboxylic acids is 3. The van der Waals surface area contributed by atoms with E-state index < -0.39 is 17.9 Å². The highest BCUT2D eigenvalue weighted by Crippen LogP contribution is 2.36. The molecular weight excluding hydrogens is 809 g/mol. The van der Waals surface area contributed by atoms with Crippen LogP contribution in [0.1, 0.15) is 35.2 Å². The normalized spacial score (nSPS) is 14.2. The van der Waals surface area contributed by atoms with Crippen LogP contribution in [0.5, 0.6) is 11.5 Å². The zero-order valence-electron chi connectivity index (χ0n) is 28.4. The Hall–Kier alpha value is -4.91. The lowest BCUT2D eigenvalue weighted by Crippen LogP contribution is -2.42. The summed E-state index contributed by atoms with van der Waals surface area (Å²) in [5.41, 5.74) is 3.48. The van der Waals surface area contributed by atoms with Gasteiger partial charge in [0, 0.05) is 16.3 Å². The number of methoxy groups -OCH3 is 1. The topological polar surface area (TPSA) is 97.3 Å². The van der Waals surface area contributed by atoms with Crippen molar-refractivity contribution in [2.75, 3.05) is 12.9 Å². The second-order valence-corrected chi connectivity index (χ2v) is 13.7. The van der Waals surface area contributed by atoms with E-state index in [-0.39, 0.29) is 29.0 Å². The zero-order chi connectivity index (χ0) is 37.0. The van der Waals surface area contributed by atoms with Crippen LogP contribution in [0.4, 0.5) is 0 Å². The van der Waals surface area contributed by atoms with Crippen molar-refractivity contribution in [3.8, 4) is 11.5 Å². The molecule has 8 nitrogen and oxygen atoms in total. The van der Waals surface area contributed by atoms with Gasteiger partial charge < -0.3 is 14.8 Å². The fourth-order valence-electron chi connectivity index (χ4n) is 5.29. The molecule has 264 valence electrons. The van der Waals surface area contributed by atoms with Gasteiger partial charge in [-0.15, -0.1) is 0 Å². The summed E-state index contributed by atoms with van der Waals surface area (Å²) in [6, 6.07) is 29.8. The van der Waals surface area contributed by atoms with Gasteiger partial charge in [0.15, 0.2) is 16.7 Å². The van der Waals surface area contributed by atoms with Gasteiger partial charge in [-0.2, -0.15) is 4.99 Å². The number of nitrogens with zero attached hydrogens (tertiary/aromatic N) is 2. The second-order valence-electron chi connectivity index (χ2n) is 11.2. The van der Waals surface area contributed by atoms with E-state index in [0.29, 0.717) is 31.4 Å². The number of allylic oxidation sites excluding steroid dienone is 4. The molecule has 0 saturated carbocycles. The van der Waals surface area contributed by atoms with Crippen LogP contribution in [-0.2, 0) is 21.0 Å². The molecule has 0 atom stereocenters. The lowest BCUT2D eigenvalue weighted by Gasteiger charge is -2.28. The van der Waals surface area contributed by atoms with Gasteiger partial charge in [-0.1, -0.05) is 127 Å². The molecule has 11 heteroatoms. The number of amides is 3. The Balaban J connectivity index is 1.41. The Bertz CT molecular complexity index is 2040. The number of hydrogen-bond acceptors (Lipinski definition) is 6. The Morgan fingerprint density at radius 2 is 1.67 bits per heavy atom. The van der Waals surface area contributed by atoms with Crippen LogP contribution in [-0.4, -0.2) is 40.7 Å². The lowest BCUT2D eigenvalue weighted by atomic mass is 9.99. The van der Waals surface area contributed by atoms with Crippen molar-refractivity contribution in [3.63, 3.8) is 0 Å². The first-order valence-electron chi connectivity index (χ1n) is 16.1. The van der Waals surface area contributed by atoms with Crippen LogP contribution in [0.15, 0.2) is 144 Å². The molecule has 4 aromatic carbocycles. The predicted molar refractivity (Wildman–Crippen MR) is 217 cm³/mol. The van der Waals surface area contributed by atoms with Gasteiger partial charge in [0.05, 0.1) is 22.5 Å². The highest BCUT2D eigenvalue weighted by Gasteiger charge is 2.35. The average Bonchev–Trinajstić information content (AvgIpc) is 3.16. The summed E-state index contributed by atoms with van der Waals surface area (Å²) in [5.74, 6) is -0.810. The highest BCUT2D eigenvalue weighted by atomic mass is 127. The molecule has 0 fully saturated rings. The smallest absolute Gasteiger partial charge is 0.285 e. The van der Waals surface area contributed by atoms with E-state index in [1.54, 1.807) is 49.4 Å². The van der Waals surface area contributed by atoms with E-state index in [1.807, 2.05) is 78.9 Å². The van der Waals surface area contributed by atoms with Crippen molar-refractivity contribution in [1.82, 2.24) is 10.2 Å². The number of carbonyl (C=O) groups is 3. The molecule has 3 amide bonds. The maximum atomic E-state index is 14.2. The lowest BCUT2D eigenvalue weighted by molar-refractivity contribution is -0.126. The molecule has 0 spiro atoms. The maximum absolute atomic E-state index is 14.2. The summed E-state index contributed by atoms with van der Waals surface area (Å²) in [7, 11) is 1.51. The monoisotopic (exact) mass is 843 g/mol. The summed E-state index contributed by atoms with van der Waals surface area (Å²) < 4.78 is 12.4. The van der Waals surface area contributed by atoms with E-state index in [2.05, 4.69) is 39.5 Å². The third kappa shape index (κ3) is 9.49. The minimum atomic E-state index is -0.730. The third-order valence-corrected chi connectivity index (χ3v) is 9.91. The van der Waals surface area contributed by atoms with Gasteiger partial charge in [-0.05, 0) is 76.6 Å². The van der Waals surface area contributed by atoms with Crippen LogP contribution in [0.25, 0.3) is 6.08 Å². The van der Waals surface area contributed by atoms with E-state index in [4.69, 9.17) is 21.1 Å². The first kappa shape index (κ1) is 38.3. The predicted octanol–water partition coefficient (Wildman–Crippen LogP) is 8.93. The molecule has 0 aromatic heterocycles. The van der Waals surface area contributed by atoms with E-state index >= 15 is 0 Å². The number of hydrogen-bond donors (Lipinski definition) is 1. The highest BCUT2D eigenvalue weighted by molar-refractivity contribution is 14.1. The standard InChI is InChI=1S/C41H35ClIN3O5S/c1-4-6-20-31(5-2)46-40(49)32(22-27-23-34(43)38(35(24-27)50-3)51-25-30-19-13-14-21-33(30)42)39(48)45-41(46)52-26-36(47)44-37(28-15-9-7-10-16-28)29-17-11-8-12-18-29/h4-24,37H,1,25-26H2,2-3H3,(H,44,47)/b20-6-,31-5+,32-22+. The van der Waals surface area contributed by atoms with Crippen molar-refractivity contribution >= 4 is 74.9 Å². The van der Waals surface area contributed by atoms with Gasteiger partial charge in [0.2, 0.25) is 5.91 Å². The molecule has 0 unspecified atom stereocenters. The molecule has 1 heterocycles. The van der Waals surface area contributed by atoms with E-state index in [1.165, 1.54) is 18.1 Å². The Morgan fingerprint density at radius 1 is 1.02 bits per heavy atom. The van der Waals surface area contributed by atoms with E-state index in [0.717, 1.165) is 28.5 Å². The molecule has 1 N–H and O–H groups in total. The molecule has 5 rings (SSSR count). The first-order valence-corrected chi connectivity index (χ1v) is 18.6. The van der Waals surface area contributed by atoms with Gasteiger partial charge in [0.1, 0.15) is 12.2 Å². The molecule has 4 aromatic rings. The largest absolute Gasteiger partial charge is 0.493 e. The summed E-state index contributed by atoms with van der Waals surface area (Å²) in [4.78, 5) is 46.8. The number of halogens is 2. The summed E-state index contributed by atoms with van der Waals surface area (Å²) in [5, 5.41) is 3.77. The molecule has 0 aliphatic carbocycles. The Labute approximate surface area is 326 Å². The van der Waals surface area contributed by atoms with Gasteiger partial charge in [0.25, 0.3) is 11.8 Å². The quantitative estimate of drug-likeness (QED) is 0.0626. The molecule has 1 aliphatic rings. The second kappa shape index (κ2) is 18.5. The summed E-state index contributed by atoms with van der Waals surface area (Å²) in [6.45, 7) is 5.72. The van der Waals surface area contributed by atoms with Gasteiger partial charge in [-0.25, -0.2) is 0 Å². The Morgan fingerprint density at radius 3 is 2.29 bits per heavy atom. The minimum Gasteiger partial charge on any atom is -0.493 e. The first-order chi connectivity index (χ1) is 25.2. The maximum Gasteiger partial charge on any atom is 0.285 e. The number of ether oxygens (including phenoxy) is 2. The van der Waals surface area contributed by atoms with Crippen LogP contribution in [0.2, 0.25) is 5.02 Å². The molecular formula is C41H35ClIN3O5S. The number of aliphatic imine (C=N–C) groups is 1. The summed E-state index contributed by atoms with van der Waals surface area (Å²) >= 11 is 9.44. The minimum absolute atomic E-state index is 0.0792. The van der Waals surface area contributed by atoms with E-state index in [9.17, 15) is 14.4 Å². The molecule has 1 aliphatic heterocycles. The van der Waals surface area contributed by atoms with Gasteiger partial charge >= 0.3 is 0 Å². The molecule has 52 heavy (non-hydrogen) atoms. The van der Waals surface area contributed by atoms with Crippen molar-refractivity contribution in [2.45, 2.75) is 19.6 Å². The fraction of sp³-hybridized carbons (Fsp3) is 0.122. The fourth-order valence-corrected chi connectivity index (χ4v) is 7.07. The number of amidine groups is 1. The van der Waals surface area contributed by atoms with Gasteiger partial charge in [-0.3, -0.25) is 19.3 Å². The number of benzene rings is 4. The number of rotatable bonds is 13.